The molecule has 0 fully saturated rings. The van der Waals surface area contributed by atoms with E-state index in [-0.39, 0.29) is 11.5 Å². The van der Waals surface area contributed by atoms with Crippen LogP contribution >= 0.6 is 0 Å². The van der Waals surface area contributed by atoms with Crippen molar-refractivity contribution in [3.05, 3.63) is 107 Å². The first-order chi connectivity index (χ1) is 14.6. The molecule has 1 N–H and O–H groups in total. The van der Waals surface area contributed by atoms with E-state index >= 15 is 0 Å². The maximum Gasteiger partial charge on any atom is 0.277 e. The van der Waals surface area contributed by atoms with Crippen molar-refractivity contribution in [2.45, 2.75) is 6.04 Å². The first-order valence-corrected chi connectivity index (χ1v) is 9.49. The molecule has 1 aliphatic rings. The van der Waals surface area contributed by atoms with Crippen molar-refractivity contribution in [3.63, 3.8) is 0 Å². The van der Waals surface area contributed by atoms with Crippen molar-refractivity contribution in [1.29, 1.82) is 0 Å². The predicted octanol–water partition coefficient (Wildman–Crippen LogP) is 3.19. The van der Waals surface area contributed by atoms with Gasteiger partial charge in [-0.15, -0.1) is 0 Å². The average molecular weight is 394 g/mol. The number of nitrogens with zero attached hydrogens (tertiary/aromatic N) is 2. The molecule has 146 valence electrons. The number of nitrogens with one attached hydrogen (secondary N) is 1. The summed E-state index contributed by atoms with van der Waals surface area (Å²) >= 11 is 0. The summed E-state index contributed by atoms with van der Waals surface area (Å²) in [6, 6.07) is 25.2. The lowest BCUT2D eigenvalue weighted by Crippen LogP contribution is -2.29. The van der Waals surface area contributed by atoms with Gasteiger partial charge in [-0.3, -0.25) is 14.8 Å². The van der Waals surface area contributed by atoms with Crippen molar-refractivity contribution < 1.29 is 14.7 Å². The SMILES string of the molecule is O=C([O-])c1ccc(N2C(=O)c3[nH]nc(-c4ccccc4)c3[C@@H]2c2ccccc2)cc1. The van der Waals surface area contributed by atoms with Gasteiger partial charge < -0.3 is 9.90 Å². The second kappa shape index (κ2) is 7.00. The van der Waals surface area contributed by atoms with E-state index in [2.05, 4.69) is 10.2 Å². The average Bonchev–Trinajstić information content (AvgIpc) is 3.34. The van der Waals surface area contributed by atoms with Gasteiger partial charge in [0, 0.05) is 16.8 Å². The van der Waals surface area contributed by atoms with Crippen LogP contribution in [-0.2, 0) is 0 Å². The number of anilines is 1. The Morgan fingerprint density at radius 3 is 2.17 bits per heavy atom. The second-order valence-electron chi connectivity index (χ2n) is 7.05. The Morgan fingerprint density at radius 2 is 1.53 bits per heavy atom. The van der Waals surface area contributed by atoms with E-state index in [4.69, 9.17) is 0 Å². The van der Waals surface area contributed by atoms with Crippen LogP contribution in [0.25, 0.3) is 11.3 Å². The van der Waals surface area contributed by atoms with Gasteiger partial charge in [0.25, 0.3) is 5.91 Å². The van der Waals surface area contributed by atoms with Crippen LogP contribution in [0.15, 0.2) is 84.9 Å². The molecule has 0 spiro atoms. The molecule has 0 unspecified atom stereocenters. The summed E-state index contributed by atoms with van der Waals surface area (Å²) in [5.41, 5.74) is 4.48. The number of carboxylic acid groups (broad SMARTS) is 1. The van der Waals surface area contributed by atoms with Crippen molar-refractivity contribution in [3.8, 4) is 11.3 Å². The van der Waals surface area contributed by atoms with E-state index in [0.717, 1.165) is 22.4 Å². The van der Waals surface area contributed by atoms with Gasteiger partial charge in [0.05, 0.1) is 17.7 Å². The molecule has 0 bridgehead atoms. The monoisotopic (exact) mass is 394 g/mol. The lowest BCUT2D eigenvalue weighted by atomic mass is 9.96. The lowest BCUT2D eigenvalue weighted by Gasteiger charge is -2.26. The Bertz CT molecular complexity index is 1230. The molecule has 1 aliphatic heterocycles. The highest BCUT2D eigenvalue weighted by Gasteiger charge is 2.42. The number of carbonyl (C=O) groups is 2. The molecule has 0 saturated heterocycles. The fourth-order valence-electron chi connectivity index (χ4n) is 3.94. The molecule has 0 saturated carbocycles. The summed E-state index contributed by atoms with van der Waals surface area (Å²) in [5.74, 6) is -1.47. The van der Waals surface area contributed by atoms with Gasteiger partial charge in [-0.1, -0.05) is 72.8 Å². The van der Waals surface area contributed by atoms with Crippen LogP contribution in [0.3, 0.4) is 0 Å². The third kappa shape index (κ3) is 2.78. The molecular weight excluding hydrogens is 378 g/mol. The molecule has 6 heteroatoms. The Kier molecular flexibility index (Phi) is 4.17. The van der Waals surface area contributed by atoms with Crippen LogP contribution < -0.4 is 10.0 Å². The number of hydrogen-bond acceptors (Lipinski definition) is 4. The molecule has 2 heterocycles. The molecule has 0 aliphatic carbocycles. The summed E-state index contributed by atoms with van der Waals surface area (Å²) < 4.78 is 0. The third-order valence-electron chi connectivity index (χ3n) is 5.31. The normalized spacial score (nSPS) is 15.3. The minimum atomic E-state index is -1.25. The van der Waals surface area contributed by atoms with Gasteiger partial charge >= 0.3 is 0 Å². The molecule has 30 heavy (non-hydrogen) atoms. The predicted molar refractivity (Wildman–Crippen MR) is 110 cm³/mol. The highest BCUT2D eigenvalue weighted by atomic mass is 16.4. The summed E-state index contributed by atoms with van der Waals surface area (Å²) in [6.45, 7) is 0. The van der Waals surface area contributed by atoms with E-state index in [1.165, 1.54) is 12.1 Å². The molecule has 6 nitrogen and oxygen atoms in total. The number of fused-ring (bicyclic) bond motifs is 1. The lowest BCUT2D eigenvalue weighted by molar-refractivity contribution is -0.255. The summed E-state index contributed by atoms with van der Waals surface area (Å²) in [5, 5.41) is 18.5. The summed E-state index contributed by atoms with van der Waals surface area (Å²) in [4.78, 5) is 26.2. The number of aromatic carboxylic acids is 1. The van der Waals surface area contributed by atoms with Gasteiger partial charge in [0.15, 0.2) is 0 Å². The van der Waals surface area contributed by atoms with Gasteiger partial charge in [-0.2, -0.15) is 5.10 Å². The maximum atomic E-state index is 13.4. The Morgan fingerprint density at radius 1 is 0.900 bits per heavy atom. The van der Waals surface area contributed by atoms with Crippen LogP contribution in [0, 0.1) is 0 Å². The van der Waals surface area contributed by atoms with E-state index in [1.54, 1.807) is 17.0 Å². The quantitative estimate of drug-likeness (QED) is 0.576. The number of aromatic nitrogens is 2. The van der Waals surface area contributed by atoms with E-state index in [0.29, 0.717) is 11.4 Å². The molecule has 4 aromatic rings. The fourth-order valence-corrected chi connectivity index (χ4v) is 3.94. The Hall–Kier alpha value is -4.19. The number of carbonyl (C=O) groups excluding carboxylic acids is 2. The highest BCUT2D eigenvalue weighted by Crippen LogP contribution is 2.44. The van der Waals surface area contributed by atoms with E-state index in [9.17, 15) is 14.7 Å². The smallest absolute Gasteiger partial charge is 0.277 e. The summed E-state index contributed by atoms with van der Waals surface area (Å²) in [6.07, 6.45) is 0. The molecule has 1 atom stereocenters. The van der Waals surface area contributed by atoms with E-state index < -0.39 is 12.0 Å². The van der Waals surface area contributed by atoms with Crippen molar-refractivity contribution in [2.24, 2.45) is 0 Å². The number of amides is 1. The zero-order valence-electron chi connectivity index (χ0n) is 15.8. The molecule has 3 aromatic carbocycles. The van der Waals surface area contributed by atoms with E-state index in [1.807, 2.05) is 60.7 Å². The van der Waals surface area contributed by atoms with Gasteiger partial charge in [-0.05, 0) is 23.3 Å². The third-order valence-corrected chi connectivity index (χ3v) is 5.31. The Balaban J connectivity index is 1.69. The zero-order valence-corrected chi connectivity index (χ0v) is 15.8. The topological polar surface area (TPSA) is 89.1 Å². The van der Waals surface area contributed by atoms with Gasteiger partial charge in [-0.25, -0.2) is 0 Å². The van der Waals surface area contributed by atoms with Crippen LogP contribution in [0.1, 0.15) is 38.0 Å². The van der Waals surface area contributed by atoms with Crippen molar-refractivity contribution in [1.82, 2.24) is 10.2 Å². The van der Waals surface area contributed by atoms with Gasteiger partial charge in [0.2, 0.25) is 0 Å². The number of rotatable bonds is 4. The highest BCUT2D eigenvalue weighted by molar-refractivity contribution is 6.11. The van der Waals surface area contributed by atoms with Crippen molar-refractivity contribution in [2.75, 3.05) is 4.90 Å². The number of benzene rings is 3. The van der Waals surface area contributed by atoms with Crippen LogP contribution in [0.2, 0.25) is 0 Å². The molecular formula is C24H16N3O3-. The van der Waals surface area contributed by atoms with Crippen LogP contribution in [0.4, 0.5) is 5.69 Å². The first-order valence-electron chi connectivity index (χ1n) is 9.49. The first kappa shape index (κ1) is 17.9. The van der Waals surface area contributed by atoms with Crippen LogP contribution in [0.5, 0.6) is 0 Å². The molecule has 0 radical (unpaired) electrons. The zero-order chi connectivity index (χ0) is 20.7. The molecule has 1 amide bonds. The summed E-state index contributed by atoms with van der Waals surface area (Å²) in [7, 11) is 0. The number of hydrogen-bond donors (Lipinski definition) is 1. The standard InChI is InChI=1S/C24H17N3O3/c28-23-21-19(20(25-26-21)15-7-3-1-4-8-15)22(16-9-5-2-6-10-16)27(23)18-13-11-17(12-14-18)24(29)30/h1-14,22H,(H,25,26)(H,29,30)/p-1/t22-/m0/s1. The minimum absolute atomic E-state index is 0.0619. The van der Waals surface area contributed by atoms with Crippen molar-refractivity contribution >= 4 is 17.6 Å². The molecule has 1 aromatic heterocycles. The van der Waals surface area contributed by atoms with Crippen LogP contribution in [-0.4, -0.2) is 22.1 Å². The minimum Gasteiger partial charge on any atom is -0.545 e. The largest absolute Gasteiger partial charge is 0.545 e. The fraction of sp³-hybridized carbons (Fsp3) is 0.0417. The maximum absolute atomic E-state index is 13.4. The number of H-pyrrole nitrogens is 1. The second-order valence-corrected chi connectivity index (χ2v) is 7.05. The van der Waals surface area contributed by atoms with Gasteiger partial charge in [0.1, 0.15) is 5.69 Å². The Labute approximate surface area is 172 Å². The number of aromatic amines is 1. The molecule has 5 rings (SSSR count). The number of carboxylic acids is 1.